The molecule has 0 spiro atoms. The van der Waals surface area contributed by atoms with Crippen LogP contribution in [0, 0.1) is 5.92 Å². The van der Waals surface area contributed by atoms with Crippen molar-refractivity contribution in [2.24, 2.45) is 5.92 Å². The van der Waals surface area contributed by atoms with Crippen LogP contribution in [0.3, 0.4) is 0 Å². The van der Waals surface area contributed by atoms with Crippen molar-refractivity contribution in [3.05, 3.63) is 130 Å². The summed E-state index contributed by atoms with van der Waals surface area (Å²) in [5, 5.41) is 10.8. The molecule has 312 valence electrons. The van der Waals surface area contributed by atoms with Crippen LogP contribution >= 0.6 is 8.25 Å². The van der Waals surface area contributed by atoms with Crippen molar-refractivity contribution in [1.82, 2.24) is 9.55 Å². The van der Waals surface area contributed by atoms with Crippen LogP contribution in [0.1, 0.15) is 126 Å². The van der Waals surface area contributed by atoms with Gasteiger partial charge in [-0.2, -0.15) is 4.98 Å². The van der Waals surface area contributed by atoms with Crippen LogP contribution in [0.4, 0.5) is 5.82 Å². The van der Waals surface area contributed by atoms with Crippen LogP contribution < -0.4 is 11.4 Å². The maximum atomic E-state index is 13.4. The molecule has 0 bridgehead atoms. The number of nitrogen functional groups attached to an aromatic ring is 1. The Labute approximate surface area is 341 Å². The highest BCUT2D eigenvalue weighted by atomic mass is 31.1. The molecule has 0 aliphatic heterocycles. The maximum Gasteiger partial charge on any atom is 0.351 e. The first-order chi connectivity index (χ1) is 28.0. The SMILES string of the molecule is CCCCCCCCCCCCCCCCOCCCO[PH](=O)OCC(CO)[C@H](OC(c1ccccc1)(c1ccccc1)c1ccccc1)n1ccc(N)nc1=O. The van der Waals surface area contributed by atoms with E-state index in [1.807, 2.05) is 91.0 Å². The number of unbranched alkanes of at least 4 members (excludes halogenated alkanes) is 13. The third-order valence-electron chi connectivity index (χ3n) is 10.3. The summed E-state index contributed by atoms with van der Waals surface area (Å²) >= 11 is 0. The fraction of sp³-hybridized carbons (Fsp3) is 0.522. The van der Waals surface area contributed by atoms with Gasteiger partial charge in [0.1, 0.15) is 17.6 Å². The van der Waals surface area contributed by atoms with Gasteiger partial charge >= 0.3 is 13.9 Å². The van der Waals surface area contributed by atoms with E-state index < -0.39 is 38.3 Å². The molecule has 0 radical (unpaired) electrons. The fourth-order valence-electron chi connectivity index (χ4n) is 7.16. The number of aliphatic hydroxyl groups is 1. The van der Waals surface area contributed by atoms with Crippen LogP contribution in [0.5, 0.6) is 0 Å². The molecule has 1 aromatic heterocycles. The number of hydrogen-bond donors (Lipinski definition) is 2. The summed E-state index contributed by atoms with van der Waals surface area (Å²) in [6.07, 6.45) is 19.4. The van der Waals surface area contributed by atoms with Gasteiger partial charge in [-0.05, 0) is 35.6 Å². The summed E-state index contributed by atoms with van der Waals surface area (Å²) in [6.45, 7) is 3.01. The summed E-state index contributed by atoms with van der Waals surface area (Å²) in [5.74, 6) is -0.816. The zero-order chi connectivity index (χ0) is 40.4. The number of nitrogens with zero attached hydrogens (tertiary/aromatic N) is 2. The van der Waals surface area contributed by atoms with Crippen molar-refractivity contribution in [3.63, 3.8) is 0 Å². The minimum Gasteiger partial charge on any atom is -0.396 e. The average molecular weight is 804 g/mol. The van der Waals surface area contributed by atoms with E-state index in [2.05, 4.69) is 11.9 Å². The van der Waals surface area contributed by atoms with E-state index in [9.17, 15) is 14.5 Å². The van der Waals surface area contributed by atoms with Gasteiger partial charge in [-0.3, -0.25) is 9.13 Å². The Hall–Kier alpha value is -3.63. The molecular formula is C46H66N3O7P. The molecule has 4 rings (SSSR count). The molecule has 0 saturated carbocycles. The molecule has 10 nitrogen and oxygen atoms in total. The van der Waals surface area contributed by atoms with E-state index in [1.165, 1.54) is 100 Å². The Morgan fingerprint density at radius 2 is 1.14 bits per heavy atom. The van der Waals surface area contributed by atoms with Gasteiger partial charge in [0, 0.05) is 19.4 Å². The molecule has 3 N–H and O–H groups in total. The molecule has 4 aromatic rings. The molecule has 0 amide bonds. The first-order valence-corrected chi connectivity index (χ1v) is 22.4. The molecule has 1 heterocycles. The van der Waals surface area contributed by atoms with Gasteiger partial charge < -0.3 is 29.4 Å². The van der Waals surface area contributed by atoms with Crippen LogP contribution in [0.2, 0.25) is 0 Å². The number of aliphatic hydroxyl groups excluding tert-OH is 1. The number of benzene rings is 3. The van der Waals surface area contributed by atoms with Gasteiger partial charge in [-0.1, -0.05) is 181 Å². The van der Waals surface area contributed by atoms with Crippen molar-refractivity contribution in [1.29, 1.82) is 0 Å². The van der Waals surface area contributed by atoms with Crippen LogP contribution in [0.15, 0.2) is 108 Å². The Morgan fingerprint density at radius 1 is 0.667 bits per heavy atom. The van der Waals surface area contributed by atoms with Gasteiger partial charge in [-0.25, -0.2) is 4.79 Å². The minimum atomic E-state index is -2.94. The number of aromatic nitrogens is 2. The molecule has 57 heavy (non-hydrogen) atoms. The monoisotopic (exact) mass is 803 g/mol. The lowest BCUT2D eigenvalue weighted by atomic mass is 9.80. The average Bonchev–Trinajstić information content (AvgIpc) is 3.24. The number of rotatable bonds is 31. The Bertz CT molecular complexity index is 1610. The fourth-order valence-corrected chi connectivity index (χ4v) is 7.91. The molecule has 3 atom stereocenters. The molecule has 0 fully saturated rings. The largest absolute Gasteiger partial charge is 0.396 e. The van der Waals surface area contributed by atoms with Crippen LogP contribution in [-0.4, -0.2) is 47.7 Å². The second-order valence-corrected chi connectivity index (χ2v) is 15.8. The first-order valence-electron chi connectivity index (χ1n) is 21.2. The smallest absolute Gasteiger partial charge is 0.351 e. The first kappa shape index (κ1) is 46.1. The number of hydrogen-bond acceptors (Lipinski definition) is 9. The molecule has 11 heteroatoms. The molecule has 3 aromatic carbocycles. The van der Waals surface area contributed by atoms with Gasteiger partial charge in [-0.15, -0.1) is 0 Å². The highest BCUT2D eigenvalue weighted by Crippen LogP contribution is 2.44. The summed E-state index contributed by atoms with van der Waals surface area (Å²) in [5.41, 5.74) is 6.34. The van der Waals surface area contributed by atoms with Crippen molar-refractivity contribution in [3.8, 4) is 0 Å². The molecule has 0 saturated heterocycles. The van der Waals surface area contributed by atoms with Crippen LogP contribution in [0.25, 0.3) is 0 Å². The van der Waals surface area contributed by atoms with Crippen molar-refractivity contribution in [2.75, 3.05) is 38.8 Å². The lowest BCUT2D eigenvalue weighted by molar-refractivity contribution is -0.132. The third-order valence-corrected chi connectivity index (χ3v) is 11.2. The van der Waals surface area contributed by atoms with E-state index in [-0.39, 0.29) is 19.0 Å². The molecule has 2 unspecified atom stereocenters. The number of anilines is 1. The second kappa shape index (κ2) is 27.1. The maximum absolute atomic E-state index is 13.4. The van der Waals surface area contributed by atoms with Crippen molar-refractivity contribution >= 4 is 14.1 Å². The zero-order valence-electron chi connectivity index (χ0n) is 34.0. The van der Waals surface area contributed by atoms with E-state index in [4.69, 9.17) is 24.3 Å². The van der Waals surface area contributed by atoms with Crippen LogP contribution in [-0.2, 0) is 28.7 Å². The van der Waals surface area contributed by atoms with Gasteiger partial charge in [0.2, 0.25) is 0 Å². The van der Waals surface area contributed by atoms with Gasteiger partial charge in [0.05, 0.1) is 25.7 Å². The molecule has 0 aliphatic carbocycles. The summed E-state index contributed by atoms with van der Waals surface area (Å²) < 4.78 is 38.4. The highest BCUT2D eigenvalue weighted by molar-refractivity contribution is 7.33. The Morgan fingerprint density at radius 3 is 1.61 bits per heavy atom. The molecule has 0 aliphatic rings. The van der Waals surface area contributed by atoms with Crippen molar-refractivity contribution < 1.29 is 28.2 Å². The van der Waals surface area contributed by atoms with E-state index >= 15 is 0 Å². The number of nitrogens with two attached hydrogens (primary N) is 1. The highest BCUT2D eigenvalue weighted by Gasteiger charge is 2.42. The van der Waals surface area contributed by atoms with Gasteiger partial charge in [0.15, 0.2) is 0 Å². The summed E-state index contributed by atoms with van der Waals surface area (Å²) in [7, 11) is -2.94. The standard InChI is InChI=1S/C46H66N3O7P/c1-2-3-4-5-6-7-8-9-10-11-12-13-14-24-34-53-35-25-36-54-57(52)55-38-39(37-50)44(49-33-32-43(47)48-45(49)51)56-46(40-26-18-15-19-27-40,41-28-20-16-21-29-41)42-30-22-17-23-31-42/h15-23,26-33,39,44,50,57H,2-14,24-25,34-38H2,1H3,(H2,47,48,51)/t39?,44-/m0/s1. The predicted octanol–water partition coefficient (Wildman–Crippen LogP) is 10.3. The van der Waals surface area contributed by atoms with Gasteiger partial charge in [0.25, 0.3) is 0 Å². The topological polar surface area (TPSA) is 135 Å². The Balaban J connectivity index is 1.28. The quantitative estimate of drug-likeness (QED) is 0.0290. The minimum absolute atomic E-state index is 0.0502. The molecular weight excluding hydrogens is 737 g/mol. The number of ether oxygens (including phenoxy) is 2. The van der Waals surface area contributed by atoms with E-state index in [0.29, 0.717) is 19.6 Å². The van der Waals surface area contributed by atoms with E-state index in [1.54, 1.807) is 0 Å². The second-order valence-electron chi connectivity index (χ2n) is 14.7. The zero-order valence-corrected chi connectivity index (χ0v) is 35.0. The normalized spacial score (nSPS) is 13.4. The third kappa shape index (κ3) is 15.6. The predicted molar refractivity (Wildman–Crippen MR) is 229 cm³/mol. The van der Waals surface area contributed by atoms with Crippen molar-refractivity contribution in [2.45, 2.75) is 115 Å². The lowest BCUT2D eigenvalue weighted by Gasteiger charge is -2.41. The summed E-state index contributed by atoms with van der Waals surface area (Å²) in [6, 6.07) is 30.6. The van der Waals surface area contributed by atoms with E-state index in [0.717, 1.165) is 23.1 Å². The lowest BCUT2D eigenvalue weighted by Crippen LogP contribution is -2.43. The Kier molecular flexibility index (Phi) is 21.9. The summed E-state index contributed by atoms with van der Waals surface area (Å²) in [4.78, 5) is 17.4.